The van der Waals surface area contributed by atoms with Crippen molar-refractivity contribution in [1.82, 2.24) is 0 Å². The van der Waals surface area contributed by atoms with E-state index in [-0.39, 0.29) is 12.1 Å². The average molecular weight is 337 g/mol. The van der Waals surface area contributed by atoms with Crippen LogP contribution >= 0.6 is 0 Å². The second kappa shape index (κ2) is 5.51. The summed E-state index contributed by atoms with van der Waals surface area (Å²) in [5, 5.41) is 11.1. The summed E-state index contributed by atoms with van der Waals surface area (Å²) < 4.78 is 27.2. The molecule has 2 amide bonds. The number of rotatable bonds is 2. The van der Waals surface area contributed by atoms with E-state index in [1.165, 1.54) is 6.92 Å². The van der Waals surface area contributed by atoms with E-state index in [1.807, 2.05) is 6.42 Å². The highest BCUT2D eigenvalue weighted by Crippen LogP contribution is 2.54. The lowest BCUT2D eigenvalue weighted by molar-refractivity contribution is -0.140. The van der Waals surface area contributed by atoms with Crippen molar-refractivity contribution in [3.8, 4) is 0 Å². The van der Waals surface area contributed by atoms with Gasteiger partial charge in [0.15, 0.2) is 0 Å². The number of benzene rings is 1. The van der Waals surface area contributed by atoms with Gasteiger partial charge in [0.05, 0.1) is 11.1 Å². The predicted molar refractivity (Wildman–Crippen MR) is 82.7 cm³/mol. The highest BCUT2D eigenvalue weighted by Gasteiger charge is 2.67. The van der Waals surface area contributed by atoms with Crippen LogP contribution in [0.5, 0.6) is 0 Å². The molecule has 3 N–H and O–H groups in total. The fourth-order valence-corrected chi connectivity index (χ4v) is 4.08. The Bertz CT molecular complexity index is 679. The topological polar surface area (TPSA) is 83.6 Å². The van der Waals surface area contributed by atoms with E-state index in [0.29, 0.717) is 18.9 Å². The number of carbonyl (C=O) groups excluding carboxylic acids is 2. The molecule has 3 rings (SSSR count). The second-order valence-corrected chi connectivity index (χ2v) is 6.72. The molecule has 3 unspecified atom stereocenters. The Morgan fingerprint density at radius 2 is 1.96 bits per heavy atom. The molecule has 1 spiro atoms. The molecule has 1 aromatic rings. The first-order valence-electron chi connectivity index (χ1n) is 7.84. The summed E-state index contributed by atoms with van der Waals surface area (Å²) in [6.07, 6.45) is 4.05. The zero-order valence-electron chi connectivity index (χ0n) is 13.3. The van der Waals surface area contributed by atoms with Crippen LogP contribution in [0.15, 0.2) is 18.2 Å². The van der Waals surface area contributed by atoms with Crippen LogP contribution in [0, 0.1) is 23.5 Å². The molecule has 129 valence electrons. The molecule has 1 aliphatic carbocycles. The molecule has 0 bridgehead atoms. The Balaban J connectivity index is 2.17. The maximum atomic E-state index is 13.6. The lowest BCUT2D eigenvalue weighted by Crippen LogP contribution is -2.56. The van der Waals surface area contributed by atoms with Crippen LogP contribution in [0.3, 0.4) is 0 Å². The molecule has 5 nitrogen and oxygen atoms in total. The Hall–Kier alpha value is -2.02. The quantitative estimate of drug-likeness (QED) is 0.861. The molecule has 0 aromatic heterocycles. The summed E-state index contributed by atoms with van der Waals surface area (Å²) in [7, 11) is 0. The maximum absolute atomic E-state index is 13.6. The molecule has 1 heterocycles. The van der Waals surface area contributed by atoms with E-state index in [0.717, 1.165) is 23.5 Å². The number of halogens is 2. The monoisotopic (exact) mass is 337 g/mol. The van der Waals surface area contributed by atoms with Gasteiger partial charge in [-0.1, -0.05) is 12.8 Å². The number of hydrogen-bond donors (Lipinski definition) is 2. The van der Waals surface area contributed by atoms with Gasteiger partial charge in [0, 0.05) is 6.07 Å². The highest BCUT2D eigenvalue weighted by atomic mass is 19.1. The zero-order chi connectivity index (χ0) is 17.7. The van der Waals surface area contributed by atoms with E-state index in [2.05, 4.69) is 0 Å². The standard InChI is InChI=1S/C17H19F2N2O3/c1-16(24)13(14(20)22)21(12-8-10(18)7-11(19)9-12)15(23)17(16)5-3-2-4-6-17/h3,7-9,13,24H,2,4-6H2,1H3,(H2,20,22). The first kappa shape index (κ1) is 16.8. The van der Waals surface area contributed by atoms with Crippen LogP contribution < -0.4 is 10.6 Å². The third-order valence-corrected chi connectivity index (χ3v) is 5.29. The fourth-order valence-electron chi connectivity index (χ4n) is 4.08. The minimum absolute atomic E-state index is 0.121. The lowest BCUT2D eigenvalue weighted by atomic mass is 9.63. The largest absolute Gasteiger partial charge is 0.386 e. The number of aliphatic hydroxyl groups is 1. The molecule has 1 aliphatic heterocycles. The Morgan fingerprint density at radius 3 is 2.46 bits per heavy atom. The molecule has 2 aliphatic rings. The van der Waals surface area contributed by atoms with Crippen LogP contribution in [-0.4, -0.2) is 28.6 Å². The predicted octanol–water partition coefficient (Wildman–Crippen LogP) is 1.68. The molecule has 1 saturated carbocycles. The van der Waals surface area contributed by atoms with Gasteiger partial charge in [-0.3, -0.25) is 14.5 Å². The van der Waals surface area contributed by atoms with Crippen LogP contribution in [0.25, 0.3) is 0 Å². The van der Waals surface area contributed by atoms with Crippen LogP contribution in [0.2, 0.25) is 0 Å². The number of carbonyl (C=O) groups is 2. The minimum Gasteiger partial charge on any atom is -0.386 e. The zero-order valence-corrected chi connectivity index (χ0v) is 13.3. The van der Waals surface area contributed by atoms with Gasteiger partial charge in [-0.15, -0.1) is 0 Å². The molecule has 1 saturated heterocycles. The Labute approximate surface area is 138 Å². The van der Waals surface area contributed by atoms with Crippen LogP contribution in [-0.2, 0) is 9.59 Å². The van der Waals surface area contributed by atoms with Crippen LogP contribution in [0.1, 0.15) is 32.6 Å². The van der Waals surface area contributed by atoms with Crippen molar-refractivity contribution in [1.29, 1.82) is 0 Å². The molecule has 1 radical (unpaired) electrons. The summed E-state index contributed by atoms with van der Waals surface area (Å²) in [5.41, 5.74) is 2.36. The first-order valence-corrected chi connectivity index (χ1v) is 7.84. The van der Waals surface area contributed by atoms with E-state index < -0.39 is 40.5 Å². The number of hydrogen-bond acceptors (Lipinski definition) is 3. The van der Waals surface area contributed by atoms with Crippen molar-refractivity contribution in [2.24, 2.45) is 11.1 Å². The van der Waals surface area contributed by atoms with Crippen LogP contribution in [0.4, 0.5) is 14.5 Å². The van der Waals surface area contributed by atoms with Crippen molar-refractivity contribution >= 4 is 17.5 Å². The summed E-state index contributed by atoms with van der Waals surface area (Å²) in [5.74, 6) is -3.20. The molecule has 3 atom stereocenters. The molecule has 1 aromatic carbocycles. The lowest BCUT2D eigenvalue weighted by Gasteiger charge is -2.41. The number of nitrogens with two attached hydrogens (primary N) is 1. The minimum atomic E-state index is -1.74. The van der Waals surface area contributed by atoms with Gasteiger partial charge in [0.2, 0.25) is 11.8 Å². The Kier molecular flexibility index (Phi) is 3.86. The molecule has 7 heteroatoms. The van der Waals surface area contributed by atoms with E-state index in [9.17, 15) is 23.5 Å². The van der Waals surface area contributed by atoms with E-state index >= 15 is 0 Å². The third kappa shape index (κ3) is 2.22. The van der Waals surface area contributed by atoms with Gasteiger partial charge in [-0.25, -0.2) is 8.78 Å². The summed E-state index contributed by atoms with van der Waals surface area (Å²) in [6.45, 7) is 1.40. The smallest absolute Gasteiger partial charge is 0.243 e. The maximum Gasteiger partial charge on any atom is 0.243 e. The van der Waals surface area contributed by atoms with Crippen molar-refractivity contribution in [3.63, 3.8) is 0 Å². The van der Waals surface area contributed by atoms with Gasteiger partial charge in [0.1, 0.15) is 23.3 Å². The van der Waals surface area contributed by atoms with Gasteiger partial charge < -0.3 is 10.8 Å². The number of primary amides is 1. The summed E-state index contributed by atoms with van der Waals surface area (Å²) in [4.78, 5) is 26.1. The van der Waals surface area contributed by atoms with Crippen molar-refractivity contribution in [3.05, 3.63) is 36.3 Å². The number of nitrogens with zero attached hydrogens (tertiary/aromatic N) is 1. The van der Waals surface area contributed by atoms with Crippen molar-refractivity contribution in [2.45, 2.75) is 44.2 Å². The summed E-state index contributed by atoms with van der Waals surface area (Å²) in [6, 6.07) is 1.20. The average Bonchev–Trinajstić information content (AvgIpc) is 2.65. The van der Waals surface area contributed by atoms with Crippen molar-refractivity contribution in [2.75, 3.05) is 4.90 Å². The molecule has 2 fully saturated rings. The number of anilines is 1. The highest BCUT2D eigenvalue weighted by molar-refractivity contribution is 6.09. The fraction of sp³-hybridized carbons (Fsp3) is 0.471. The SMILES string of the molecule is CC1(O)C(C(N)=O)N(c2cc(F)cc(F)c2)C(=O)C12C[CH]CCC2. The van der Waals surface area contributed by atoms with Gasteiger partial charge >= 0.3 is 0 Å². The third-order valence-electron chi connectivity index (χ3n) is 5.29. The van der Waals surface area contributed by atoms with E-state index in [1.54, 1.807) is 0 Å². The van der Waals surface area contributed by atoms with Gasteiger partial charge in [0.25, 0.3) is 0 Å². The second-order valence-electron chi connectivity index (χ2n) is 6.72. The number of amides is 2. The first-order chi connectivity index (χ1) is 11.2. The van der Waals surface area contributed by atoms with Gasteiger partial charge in [-0.05, 0) is 38.3 Å². The van der Waals surface area contributed by atoms with Crippen molar-refractivity contribution < 1.29 is 23.5 Å². The van der Waals surface area contributed by atoms with Gasteiger partial charge in [-0.2, -0.15) is 0 Å². The normalized spacial score (nSPS) is 29.2. The molecule has 24 heavy (non-hydrogen) atoms. The van der Waals surface area contributed by atoms with E-state index in [4.69, 9.17) is 5.73 Å². The molecular weight excluding hydrogens is 318 g/mol. The molecular formula is C17H19F2N2O3. The summed E-state index contributed by atoms with van der Waals surface area (Å²) >= 11 is 0. The Morgan fingerprint density at radius 1 is 1.33 bits per heavy atom.